The second-order valence-corrected chi connectivity index (χ2v) is 7.03. The van der Waals surface area contributed by atoms with Crippen LogP contribution in [-0.2, 0) is 6.42 Å². The van der Waals surface area contributed by atoms with Crippen LogP contribution < -0.4 is 5.32 Å². The Morgan fingerprint density at radius 2 is 1.89 bits per heavy atom. The summed E-state index contributed by atoms with van der Waals surface area (Å²) in [6.45, 7) is 6.51. The van der Waals surface area contributed by atoms with Crippen molar-refractivity contribution in [3.05, 3.63) is 76.8 Å². The fourth-order valence-corrected chi connectivity index (χ4v) is 3.36. The van der Waals surface area contributed by atoms with Gasteiger partial charge in [-0.1, -0.05) is 18.2 Å². The number of aromatic nitrogens is 2. The van der Waals surface area contributed by atoms with Crippen LogP contribution in [0.4, 0.5) is 0 Å². The van der Waals surface area contributed by atoms with E-state index in [4.69, 9.17) is 4.42 Å². The van der Waals surface area contributed by atoms with Crippen molar-refractivity contribution in [2.24, 2.45) is 0 Å². The number of carbonyl (C=O) groups is 1. The number of nitrogens with one attached hydrogen (secondary N) is 2. The number of benzene rings is 2. The predicted molar refractivity (Wildman–Crippen MR) is 110 cm³/mol. The molecule has 0 fully saturated rings. The van der Waals surface area contributed by atoms with Crippen LogP contribution >= 0.6 is 0 Å². The summed E-state index contributed by atoms with van der Waals surface area (Å²) in [6, 6.07) is 15.6. The highest BCUT2D eigenvalue weighted by molar-refractivity contribution is 5.99. The van der Waals surface area contributed by atoms with Crippen molar-refractivity contribution in [1.82, 2.24) is 15.3 Å². The molecule has 28 heavy (non-hydrogen) atoms. The predicted octanol–water partition coefficient (Wildman–Crippen LogP) is 4.72. The van der Waals surface area contributed by atoms with Crippen molar-refractivity contribution in [1.29, 1.82) is 0 Å². The lowest BCUT2D eigenvalue weighted by Gasteiger charge is -2.05. The van der Waals surface area contributed by atoms with Crippen molar-refractivity contribution >= 4 is 16.8 Å². The van der Waals surface area contributed by atoms with Gasteiger partial charge in [0.2, 0.25) is 5.89 Å². The van der Waals surface area contributed by atoms with Gasteiger partial charge in [0.05, 0.1) is 5.69 Å². The number of H-pyrrole nitrogens is 1. The molecule has 0 saturated carbocycles. The largest absolute Gasteiger partial charge is 0.441 e. The molecule has 4 rings (SSSR count). The number of aryl methyl sites for hydroxylation is 3. The van der Waals surface area contributed by atoms with Crippen LogP contribution in [0, 0.1) is 20.8 Å². The number of hydrogen-bond donors (Lipinski definition) is 2. The molecule has 1 amide bonds. The number of hydrogen-bond acceptors (Lipinski definition) is 3. The van der Waals surface area contributed by atoms with Crippen molar-refractivity contribution in [2.45, 2.75) is 27.2 Å². The lowest BCUT2D eigenvalue weighted by Crippen LogP contribution is -2.25. The fourth-order valence-electron chi connectivity index (χ4n) is 3.36. The SMILES string of the molecule is Cc1[nH]c2ccc(C(=O)NCCc3nc(-c4ccccc4)oc3C)cc2c1C. The third-order valence-electron chi connectivity index (χ3n) is 5.13. The molecule has 4 aromatic rings. The van der Waals surface area contributed by atoms with Gasteiger partial charge in [-0.3, -0.25) is 4.79 Å². The first kappa shape index (κ1) is 18.0. The Bertz CT molecular complexity index is 1140. The van der Waals surface area contributed by atoms with E-state index in [-0.39, 0.29) is 5.91 Å². The molecule has 142 valence electrons. The molecular formula is C23H23N3O2. The smallest absolute Gasteiger partial charge is 0.251 e. The van der Waals surface area contributed by atoms with Gasteiger partial charge in [0.1, 0.15) is 5.76 Å². The maximum absolute atomic E-state index is 12.5. The second-order valence-electron chi connectivity index (χ2n) is 7.03. The Labute approximate surface area is 163 Å². The Hall–Kier alpha value is -3.34. The molecule has 0 aliphatic heterocycles. The molecule has 5 heteroatoms. The third kappa shape index (κ3) is 3.43. The van der Waals surface area contributed by atoms with Crippen LogP contribution in [0.5, 0.6) is 0 Å². The number of aromatic amines is 1. The summed E-state index contributed by atoms with van der Waals surface area (Å²) in [5.41, 5.74) is 5.84. The summed E-state index contributed by atoms with van der Waals surface area (Å²) >= 11 is 0. The van der Waals surface area contributed by atoms with Crippen LogP contribution in [0.1, 0.15) is 33.1 Å². The molecule has 0 bridgehead atoms. The Morgan fingerprint density at radius 3 is 2.68 bits per heavy atom. The van der Waals surface area contributed by atoms with Crippen LogP contribution in [0.2, 0.25) is 0 Å². The molecule has 2 heterocycles. The molecule has 0 spiro atoms. The lowest BCUT2D eigenvalue weighted by molar-refractivity contribution is 0.0954. The van der Waals surface area contributed by atoms with Crippen molar-refractivity contribution in [2.75, 3.05) is 6.54 Å². The number of nitrogens with zero attached hydrogens (tertiary/aromatic N) is 1. The van der Waals surface area contributed by atoms with Gasteiger partial charge in [-0.15, -0.1) is 0 Å². The molecule has 5 nitrogen and oxygen atoms in total. The molecule has 0 saturated heterocycles. The standard InChI is InChI=1S/C23H23N3O2/c1-14-15(2)25-21-10-9-18(13-19(14)21)22(27)24-12-11-20-16(3)28-23(26-20)17-7-5-4-6-8-17/h4-10,13,25H,11-12H2,1-3H3,(H,24,27). The molecule has 2 aromatic heterocycles. The number of fused-ring (bicyclic) bond motifs is 1. The average Bonchev–Trinajstić information content (AvgIpc) is 3.22. The normalized spacial score (nSPS) is 11.1. The molecule has 0 radical (unpaired) electrons. The van der Waals surface area contributed by atoms with E-state index < -0.39 is 0 Å². The Morgan fingerprint density at radius 1 is 1.11 bits per heavy atom. The van der Waals surface area contributed by atoms with Crippen molar-refractivity contribution in [3.63, 3.8) is 0 Å². The Kier molecular flexibility index (Phi) is 4.74. The topological polar surface area (TPSA) is 70.9 Å². The third-order valence-corrected chi connectivity index (χ3v) is 5.13. The minimum atomic E-state index is -0.0791. The lowest BCUT2D eigenvalue weighted by atomic mass is 10.1. The molecule has 0 atom stereocenters. The summed E-state index contributed by atoms with van der Waals surface area (Å²) in [5, 5.41) is 4.07. The number of amides is 1. The Balaban J connectivity index is 1.42. The monoisotopic (exact) mass is 373 g/mol. The van der Waals surface area contributed by atoms with Crippen LogP contribution in [0.25, 0.3) is 22.4 Å². The first-order chi connectivity index (χ1) is 13.5. The minimum absolute atomic E-state index is 0.0791. The van der Waals surface area contributed by atoms with E-state index in [1.54, 1.807) is 0 Å². The van der Waals surface area contributed by atoms with E-state index in [2.05, 4.69) is 22.2 Å². The van der Waals surface area contributed by atoms with E-state index in [0.29, 0.717) is 24.4 Å². The zero-order valence-corrected chi connectivity index (χ0v) is 16.3. The maximum atomic E-state index is 12.5. The van der Waals surface area contributed by atoms with Gasteiger partial charge in [-0.2, -0.15) is 0 Å². The molecule has 0 aliphatic carbocycles. The van der Waals surface area contributed by atoms with Gasteiger partial charge in [0, 0.05) is 40.7 Å². The zero-order chi connectivity index (χ0) is 19.7. The number of rotatable bonds is 5. The summed E-state index contributed by atoms with van der Waals surface area (Å²) in [5.74, 6) is 1.32. The highest BCUT2D eigenvalue weighted by atomic mass is 16.4. The van der Waals surface area contributed by atoms with Crippen molar-refractivity contribution in [3.8, 4) is 11.5 Å². The van der Waals surface area contributed by atoms with Crippen LogP contribution in [0.15, 0.2) is 52.9 Å². The summed E-state index contributed by atoms with van der Waals surface area (Å²) in [4.78, 5) is 20.5. The van der Waals surface area contributed by atoms with E-state index in [9.17, 15) is 4.79 Å². The van der Waals surface area contributed by atoms with Crippen molar-refractivity contribution < 1.29 is 9.21 Å². The average molecular weight is 373 g/mol. The van der Waals surface area contributed by atoms with Crippen LogP contribution in [0.3, 0.4) is 0 Å². The van der Waals surface area contributed by atoms with Crippen LogP contribution in [-0.4, -0.2) is 22.4 Å². The first-order valence-electron chi connectivity index (χ1n) is 9.42. The van der Waals surface area contributed by atoms with Gasteiger partial charge >= 0.3 is 0 Å². The first-order valence-corrected chi connectivity index (χ1v) is 9.42. The maximum Gasteiger partial charge on any atom is 0.251 e. The highest BCUT2D eigenvalue weighted by Crippen LogP contribution is 2.23. The summed E-state index contributed by atoms with van der Waals surface area (Å²) in [7, 11) is 0. The van der Waals surface area contributed by atoms with Gasteiger partial charge in [-0.25, -0.2) is 4.98 Å². The fraction of sp³-hybridized carbons (Fsp3) is 0.217. The van der Waals surface area contributed by atoms with E-state index in [0.717, 1.165) is 33.6 Å². The molecular weight excluding hydrogens is 350 g/mol. The second kappa shape index (κ2) is 7.35. The molecule has 0 unspecified atom stereocenters. The van der Waals surface area contributed by atoms with Gasteiger partial charge < -0.3 is 14.7 Å². The minimum Gasteiger partial charge on any atom is -0.441 e. The number of carbonyl (C=O) groups excluding carboxylic acids is 1. The summed E-state index contributed by atoms with van der Waals surface area (Å²) in [6.07, 6.45) is 0.623. The molecule has 2 N–H and O–H groups in total. The van der Waals surface area contributed by atoms with E-state index in [1.165, 1.54) is 5.56 Å². The van der Waals surface area contributed by atoms with E-state index in [1.807, 2.05) is 62.4 Å². The van der Waals surface area contributed by atoms with E-state index >= 15 is 0 Å². The summed E-state index contributed by atoms with van der Waals surface area (Å²) < 4.78 is 5.78. The highest BCUT2D eigenvalue weighted by Gasteiger charge is 2.13. The van der Waals surface area contributed by atoms with Gasteiger partial charge in [0.15, 0.2) is 0 Å². The van der Waals surface area contributed by atoms with Gasteiger partial charge in [0.25, 0.3) is 5.91 Å². The molecule has 2 aromatic carbocycles. The number of oxazole rings is 1. The quantitative estimate of drug-likeness (QED) is 0.532. The molecule has 0 aliphatic rings. The van der Waals surface area contributed by atoms with Gasteiger partial charge in [-0.05, 0) is 56.7 Å². The zero-order valence-electron chi connectivity index (χ0n) is 16.3.